The molecule has 0 bridgehead atoms. The summed E-state index contributed by atoms with van der Waals surface area (Å²) in [5, 5.41) is 18.4. The van der Waals surface area contributed by atoms with Crippen LogP contribution in [0.5, 0.6) is 0 Å². The molecule has 126 valence electrons. The number of hydrogen-bond acceptors (Lipinski definition) is 2. The minimum Gasteiger partial charge on any atom is -0.318 e. The summed E-state index contributed by atoms with van der Waals surface area (Å²) in [5.41, 5.74) is 5.39. The third kappa shape index (κ3) is 3.27. The van der Waals surface area contributed by atoms with Crippen molar-refractivity contribution >= 4 is 11.6 Å². The van der Waals surface area contributed by atoms with Crippen molar-refractivity contribution in [2.24, 2.45) is 0 Å². The van der Waals surface area contributed by atoms with E-state index in [2.05, 4.69) is 16.7 Å². The summed E-state index contributed by atoms with van der Waals surface area (Å²) in [4.78, 5) is 0. The highest BCUT2D eigenvalue weighted by Gasteiger charge is 2.11. The molecular weight excluding hydrogens is 325 g/mol. The van der Waals surface area contributed by atoms with Crippen LogP contribution in [-0.2, 0) is 0 Å². The topological polar surface area (TPSA) is 52.5 Å². The first-order valence-corrected chi connectivity index (χ1v) is 8.10. The Morgan fingerprint density at radius 1 is 1.04 bits per heavy atom. The van der Waals surface area contributed by atoms with Crippen LogP contribution in [0.2, 0.25) is 0 Å². The fraction of sp³-hybridized carbons (Fsp3) is 0.0909. The van der Waals surface area contributed by atoms with E-state index in [0.717, 1.165) is 22.6 Å². The molecule has 3 aromatic rings. The molecule has 0 unspecified atom stereocenters. The van der Waals surface area contributed by atoms with Crippen molar-refractivity contribution in [2.45, 2.75) is 13.8 Å². The summed E-state index contributed by atoms with van der Waals surface area (Å²) in [7, 11) is 0. The fourth-order valence-electron chi connectivity index (χ4n) is 3.01. The highest BCUT2D eigenvalue weighted by atomic mass is 19.1. The molecule has 26 heavy (non-hydrogen) atoms. The number of halogens is 1. The van der Waals surface area contributed by atoms with Gasteiger partial charge in [0.25, 0.3) is 0 Å². The number of allylic oxidation sites excluding steroid dienone is 1. The second-order valence-electron chi connectivity index (χ2n) is 6.00. The molecule has 0 radical (unpaired) electrons. The lowest BCUT2D eigenvalue weighted by Crippen LogP contribution is -1.99. The van der Waals surface area contributed by atoms with Crippen molar-refractivity contribution in [3.05, 3.63) is 88.5 Å². The van der Waals surface area contributed by atoms with Crippen LogP contribution in [0.25, 0.3) is 17.3 Å². The average molecular weight is 341 g/mol. The standard InChI is InChI=1S/C22H16FN3/c1-15-10-19(11-20(14-25)18-4-3-5-21(23)12-18)16(2)26(15)22-8-6-17(13-24)7-9-22/h3-12H,1-2H3/b20-11-. The van der Waals surface area contributed by atoms with Gasteiger partial charge in [0.1, 0.15) is 5.82 Å². The molecule has 2 aromatic carbocycles. The van der Waals surface area contributed by atoms with Gasteiger partial charge in [-0.2, -0.15) is 10.5 Å². The van der Waals surface area contributed by atoms with Crippen LogP contribution in [0.15, 0.2) is 54.6 Å². The number of nitriles is 2. The van der Waals surface area contributed by atoms with Gasteiger partial charge in [-0.3, -0.25) is 0 Å². The van der Waals surface area contributed by atoms with Gasteiger partial charge in [0.2, 0.25) is 0 Å². The predicted molar refractivity (Wildman–Crippen MR) is 99.8 cm³/mol. The maximum atomic E-state index is 13.5. The molecular formula is C22H16FN3. The first kappa shape index (κ1) is 17.2. The minimum atomic E-state index is -0.369. The van der Waals surface area contributed by atoms with Crippen LogP contribution in [0.1, 0.15) is 28.1 Å². The second-order valence-corrected chi connectivity index (χ2v) is 6.00. The number of nitrogens with zero attached hydrogens (tertiary/aromatic N) is 3. The average Bonchev–Trinajstić information content (AvgIpc) is 2.93. The monoisotopic (exact) mass is 341 g/mol. The van der Waals surface area contributed by atoms with Crippen LogP contribution in [0.4, 0.5) is 4.39 Å². The van der Waals surface area contributed by atoms with Gasteiger partial charge in [-0.15, -0.1) is 0 Å². The van der Waals surface area contributed by atoms with Crippen molar-refractivity contribution in [3.8, 4) is 17.8 Å². The van der Waals surface area contributed by atoms with E-state index in [0.29, 0.717) is 16.7 Å². The fourth-order valence-corrected chi connectivity index (χ4v) is 3.01. The zero-order chi connectivity index (χ0) is 18.7. The summed E-state index contributed by atoms with van der Waals surface area (Å²) >= 11 is 0. The lowest BCUT2D eigenvalue weighted by Gasteiger charge is -2.09. The molecule has 0 fully saturated rings. The summed E-state index contributed by atoms with van der Waals surface area (Å²) < 4.78 is 15.5. The van der Waals surface area contributed by atoms with Gasteiger partial charge in [-0.25, -0.2) is 4.39 Å². The molecule has 0 saturated heterocycles. The zero-order valence-electron chi connectivity index (χ0n) is 14.5. The number of rotatable bonds is 3. The van der Waals surface area contributed by atoms with E-state index in [1.807, 2.05) is 32.0 Å². The molecule has 1 heterocycles. The van der Waals surface area contributed by atoms with Crippen molar-refractivity contribution in [2.75, 3.05) is 0 Å². The Bertz CT molecular complexity index is 1070. The van der Waals surface area contributed by atoms with Crippen molar-refractivity contribution < 1.29 is 4.39 Å². The van der Waals surface area contributed by atoms with Gasteiger partial charge >= 0.3 is 0 Å². The maximum absolute atomic E-state index is 13.5. The molecule has 3 nitrogen and oxygen atoms in total. The molecule has 0 aliphatic rings. The lowest BCUT2D eigenvalue weighted by atomic mass is 10.0. The van der Waals surface area contributed by atoms with Crippen LogP contribution in [0.3, 0.4) is 0 Å². The first-order chi connectivity index (χ1) is 12.5. The van der Waals surface area contributed by atoms with Crippen LogP contribution in [-0.4, -0.2) is 4.57 Å². The maximum Gasteiger partial charge on any atom is 0.123 e. The SMILES string of the molecule is Cc1cc(/C=C(/C#N)c2cccc(F)c2)c(C)n1-c1ccc(C#N)cc1. The molecule has 1 aromatic heterocycles. The summed E-state index contributed by atoms with van der Waals surface area (Å²) in [6.07, 6.45) is 1.78. The highest BCUT2D eigenvalue weighted by molar-refractivity contribution is 5.90. The Kier molecular flexibility index (Phi) is 4.69. The summed E-state index contributed by atoms with van der Waals surface area (Å²) in [6.45, 7) is 3.95. The largest absolute Gasteiger partial charge is 0.318 e. The van der Waals surface area contributed by atoms with Gasteiger partial charge < -0.3 is 4.57 Å². The van der Waals surface area contributed by atoms with Gasteiger partial charge in [0.05, 0.1) is 23.3 Å². The normalized spacial score (nSPS) is 11.0. The Balaban J connectivity index is 2.07. The third-order valence-electron chi connectivity index (χ3n) is 4.28. The number of aromatic nitrogens is 1. The molecule has 0 saturated carbocycles. The molecule has 0 N–H and O–H groups in total. The Labute approximate surface area is 151 Å². The zero-order valence-corrected chi connectivity index (χ0v) is 14.5. The van der Waals surface area contributed by atoms with E-state index in [4.69, 9.17) is 5.26 Å². The third-order valence-corrected chi connectivity index (χ3v) is 4.28. The van der Waals surface area contributed by atoms with Crippen LogP contribution < -0.4 is 0 Å². The van der Waals surface area contributed by atoms with Gasteiger partial charge in [0.15, 0.2) is 0 Å². The Hall–Kier alpha value is -3.63. The van der Waals surface area contributed by atoms with Gasteiger partial charge in [-0.05, 0) is 73.5 Å². The molecule has 4 heteroatoms. The number of benzene rings is 2. The van der Waals surface area contributed by atoms with E-state index >= 15 is 0 Å². The van der Waals surface area contributed by atoms with Gasteiger partial charge in [-0.1, -0.05) is 12.1 Å². The van der Waals surface area contributed by atoms with Crippen LogP contribution >= 0.6 is 0 Å². The first-order valence-electron chi connectivity index (χ1n) is 8.10. The van der Waals surface area contributed by atoms with E-state index in [1.54, 1.807) is 30.3 Å². The highest BCUT2D eigenvalue weighted by Crippen LogP contribution is 2.25. The van der Waals surface area contributed by atoms with Crippen molar-refractivity contribution in [3.63, 3.8) is 0 Å². The quantitative estimate of drug-likeness (QED) is 0.617. The Morgan fingerprint density at radius 2 is 1.77 bits per heavy atom. The predicted octanol–water partition coefficient (Wildman–Crippen LogP) is 5.17. The van der Waals surface area contributed by atoms with E-state index < -0.39 is 0 Å². The molecule has 3 rings (SSSR count). The van der Waals surface area contributed by atoms with Crippen molar-refractivity contribution in [1.82, 2.24) is 4.57 Å². The Morgan fingerprint density at radius 3 is 2.38 bits per heavy atom. The second kappa shape index (κ2) is 7.09. The van der Waals surface area contributed by atoms with Gasteiger partial charge in [0, 0.05) is 17.1 Å². The molecule has 0 amide bonds. The summed E-state index contributed by atoms with van der Waals surface area (Å²) in [6, 6.07) is 19.6. The smallest absolute Gasteiger partial charge is 0.123 e. The van der Waals surface area contributed by atoms with Crippen molar-refractivity contribution in [1.29, 1.82) is 10.5 Å². The summed E-state index contributed by atoms with van der Waals surface area (Å²) in [5.74, 6) is -0.369. The van der Waals surface area contributed by atoms with Crippen LogP contribution in [0, 0.1) is 42.3 Å². The minimum absolute atomic E-state index is 0.369. The molecule has 0 aliphatic carbocycles. The van der Waals surface area contributed by atoms with E-state index in [1.165, 1.54) is 12.1 Å². The molecule has 0 atom stereocenters. The van der Waals surface area contributed by atoms with E-state index in [9.17, 15) is 9.65 Å². The molecule has 0 spiro atoms. The molecule has 0 aliphatic heterocycles. The number of hydrogen-bond donors (Lipinski definition) is 0. The number of aryl methyl sites for hydroxylation is 1. The lowest BCUT2D eigenvalue weighted by molar-refractivity contribution is 0.627. The van der Waals surface area contributed by atoms with E-state index in [-0.39, 0.29) is 5.82 Å².